The maximum Gasteiger partial charge on any atom is -0.00139 e. The first kappa shape index (κ1) is 26.5. The normalized spacial score (nSPS) is 12.4. The summed E-state index contributed by atoms with van der Waals surface area (Å²) in [6, 6.07) is 63.9. The van der Waals surface area contributed by atoms with Gasteiger partial charge in [0.2, 0.25) is 0 Å². The standard InChI is InChI=1S/C50H28/c1-3-9-37-29(7-1)13-15-31-17-19-33-21-23-35-25-27-41-42-28-26-36-24-22-34-20-18-32-16-14-30-8-2-4-10-38(30)44(32)46(34)48(36)50(42)40-12-6-5-11-39(40)49(41)47(35)45(33)43(31)37/h1-28H. The Morgan fingerprint density at radius 2 is 0.380 bits per heavy atom. The van der Waals surface area contributed by atoms with E-state index < -0.39 is 0 Å². The van der Waals surface area contributed by atoms with Gasteiger partial charge >= 0.3 is 0 Å². The molecule has 0 spiro atoms. The van der Waals surface area contributed by atoms with Crippen LogP contribution in [0.2, 0.25) is 0 Å². The van der Waals surface area contributed by atoms with Crippen molar-refractivity contribution in [1.82, 2.24) is 0 Å². The maximum absolute atomic E-state index is 2.38. The van der Waals surface area contributed by atoms with Crippen molar-refractivity contribution in [2.24, 2.45) is 0 Å². The zero-order chi connectivity index (χ0) is 32.5. The van der Waals surface area contributed by atoms with Crippen LogP contribution < -0.4 is 0 Å². The number of hydrogen-bond donors (Lipinski definition) is 0. The molecule has 0 N–H and O–H groups in total. The monoisotopic (exact) mass is 628 g/mol. The summed E-state index contributed by atoms with van der Waals surface area (Å²) in [6.45, 7) is 0. The van der Waals surface area contributed by atoms with E-state index in [4.69, 9.17) is 0 Å². The summed E-state index contributed by atoms with van der Waals surface area (Å²) in [5.41, 5.74) is 0. The van der Waals surface area contributed by atoms with Gasteiger partial charge in [-0.3, -0.25) is 0 Å². The molecule has 0 aromatic heterocycles. The fourth-order valence-electron chi connectivity index (χ4n) is 9.38. The molecule has 0 atom stereocenters. The van der Waals surface area contributed by atoms with Gasteiger partial charge in [-0.05, 0) is 118 Å². The van der Waals surface area contributed by atoms with Crippen molar-refractivity contribution in [2.75, 3.05) is 0 Å². The fourth-order valence-corrected chi connectivity index (χ4v) is 9.38. The van der Waals surface area contributed by atoms with Crippen LogP contribution in [-0.4, -0.2) is 0 Å². The van der Waals surface area contributed by atoms with Gasteiger partial charge in [0.25, 0.3) is 0 Å². The molecule has 12 aromatic rings. The van der Waals surface area contributed by atoms with Crippen LogP contribution in [0.15, 0.2) is 170 Å². The Bertz CT molecular complexity index is 3200. The summed E-state index contributed by atoms with van der Waals surface area (Å²) in [6.07, 6.45) is 0. The minimum Gasteiger partial charge on any atom is -0.0616 e. The summed E-state index contributed by atoms with van der Waals surface area (Å²) in [5.74, 6) is 0. The minimum absolute atomic E-state index is 1.28. The molecule has 0 bridgehead atoms. The lowest BCUT2D eigenvalue weighted by atomic mass is 9.84. The van der Waals surface area contributed by atoms with E-state index in [1.54, 1.807) is 0 Å². The first-order valence-electron chi connectivity index (χ1n) is 17.5. The lowest BCUT2D eigenvalue weighted by Crippen LogP contribution is -1.90. The first-order chi connectivity index (χ1) is 24.8. The van der Waals surface area contributed by atoms with Gasteiger partial charge in [0.1, 0.15) is 0 Å². The molecular weight excluding hydrogens is 601 g/mol. The summed E-state index contributed by atoms with van der Waals surface area (Å²) in [4.78, 5) is 0. The number of rotatable bonds is 0. The van der Waals surface area contributed by atoms with Gasteiger partial charge in [-0.2, -0.15) is 0 Å². The first-order valence-corrected chi connectivity index (χ1v) is 17.5. The third-order valence-electron chi connectivity index (χ3n) is 11.5. The van der Waals surface area contributed by atoms with Gasteiger partial charge in [0, 0.05) is 0 Å². The molecule has 228 valence electrons. The molecule has 0 aliphatic rings. The molecule has 0 radical (unpaired) electrons. The van der Waals surface area contributed by atoms with E-state index in [0.29, 0.717) is 0 Å². The molecule has 12 rings (SSSR count). The molecule has 0 saturated heterocycles. The predicted octanol–water partition coefficient (Wildman–Crippen LogP) is 14.4. The van der Waals surface area contributed by atoms with E-state index in [2.05, 4.69) is 170 Å². The molecule has 0 nitrogen and oxygen atoms in total. The average Bonchev–Trinajstić information content (AvgIpc) is 3.19. The summed E-state index contributed by atoms with van der Waals surface area (Å²) in [7, 11) is 0. The molecule has 0 saturated carbocycles. The predicted molar refractivity (Wildman–Crippen MR) is 219 cm³/mol. The Morgan fingerprint density at radius 1 is 0.140 bits per heavy atom. The van der Waals surface area contributed by atoms with E-state index in [1.807, 2.05) is 0 Å². The lowest BCUT2D eigenvalue weighted by molar-refractivity contribution is 1.79. The van der Waals surface area contributed by atoms with Gasteiger partial charge < -0.3 is 0 Å². The number of hydrogen-bond acceptors (Lipinski definition) is 0. The van der Waals surface area contributed by atoms with Crippen LogP contribution in [-0.2, 0) is 0 Å². The summed E-state index contributed by atoms with van der Waals surface area (Å²) >= 11 is 0. The SMILES string of the molecule is c1ccc2c(c1)ccc1ccc3ccc4ccc5c6ccc7ccc8ccc9ccc%10ccccc%10c9c8c7c6c6ccccc6c5c4c3c12. The second kappa shape index (κ2) is 9.56. The van der Waals surface area contributed by atoms with Crippen molar-refractivity contribution in [1.29, 1.82) is 0 Å². The van der Waals surface area contributed by atoms with E-state index in [0.717, 1.165) is 0 Å². The number of fused-ring (bicyclic) bond motifs is 22. The average molecular weight is 629 g/mol. The molecule has 0 unspecified atom stereocenters. The highest BCUT2D eigenvalue weighted by Crippen LogP contribution is 2.47. The van der Waals surface area contributed by atoms with Gasteiger partial charge in [0.05, 0.1) is 0 Å². The molecule has 0 fully saturated rings. The summed E-state index contributed by atoms with van der Waals surface area (Å²) in [5, 5.41) is 28.8. The van der Waals surface area contributed by atoms with E-state index in [9.17, 15) is 0 Å². The van der Waals surface area contributed by atoms with Gasteiger partial charge in [0.15, 0.2) is 0 Å². The summed E-state index contributed by atoms with van der Waals surface area (Å²) < 4.78 is 0. The van der Waals surface area contributed by atoms with Crippen LogP contribution in [0.25, 0.3) is 118 Å². The van der Waals surface area contributed by atoms with E-state index in [1.165, 1.54) is 118 Å². The second-order valence-corrected chi connectivity index (χ2v) is 13.9. The van der Waals surface area contributed by atoms with Crippen LogP contribution >= 0.6 is 0 Å². The van der Waals surface area contributed by atoms with Crippen LogP contribution in [0.3, 0.4) is 0 Å². The third-order valence-corrected chi connectivity index (χ3v) is 11.5. The topological polar surface area (TPSA) is 0 Å². The molecule has 0 heteroatoms. The molecule has 0 heterocycles. The Hall–Kier alpha value is -6.50. The third kappa shape index (κ3) is 3.35. The fraction of sp³-hybridized carbons (Fsp3) is 0. The minimum atomic E-state index is 1.28. The maximum atomic E-state index is 2.38. The largest absolute Gasteiger partial charge is 0.0616 e. The van der Waals surface area contributed by atoms with Crippen LogP contribution in [0.5, 0.6) is 0 Å². The van der Waals surface area contributed by atoms with Gasteiger partial charge in [-0.15, -0.1) is 0 Å². The van der Waals surface area contributed by atoms with Gasteiger partial charge in [-0.1, -0.05) is 170 Å². The Morgan fingerprint density at radius 3 is 0.760 bits per heavy atom. The highest BCUT2D eigenvalue weighted by molar-refractivity contribution is 6.43. The van der Waals surface area contributed by atoms with Crippen molar-refractivity contribution >= 4 is 118 Å². The zero-order valence-corrected chi connectivity index (χ0v) is 27.2. The van der Waals surface area contributed by atoms with Crippen LogP contribution in [0.4, 0.5) is 0 Å². The van der Waals surface area contributed by atoms with E-state index >= 15 is 0 Å². The highest BCUT2D eigenvalue weighted by atomic mass is 14.2. The molecule has 0 aliphatic carbocycles. The number of benzene rings is 12. The van der Waals surface area contributed by atoms with Crippen molar-refractivity contribution in [3.63, 3.8) is 0 Å². The smallest absolute Gasteiger partial charge is 0.00139 e. The molecule has 0 amide bonds. The molecule has 12 aromatic carbocycles. The lowest BCUT2D eigenvalue weighted by Gasteiger charge is -2.18. The van der Waals surface area contributed by atoms with Crippen LogP contribution in [0, 0.1) is 0 Å². The quantitative estimate of drug-likeness (QED) is 0.147. The molecule has 0 aliphatic heterocycles. The Labute approximate surface area is 287 Å². The molecule has 50 heavy (non-hydrogen) atoms. The zero-order valence-electron chi connectivity index (χ0n) is 27.2. The molecular formula is C50H28. The van der Waals surface area contributed by atoms with E-state index in [-0.39, 0.29) is 0 Å². The van der Waals surface area contributed by atoms with Crippen molar-refractivity contribution in [3.05, 3.63) is 170 Å². The van der Waals surface area contributed by atoms with Gasteiger partial charge in [-0.25, -0.2) is 0 Å². The van der Waals surface area contributed by atoms with Crippen molar-refractivity contribution < 1.29 is 0 Å². The second-order valence-electron chi connectivity index (χ2n) is 13.9. The van der Waals surface area contributed by atoms with Crippen LogP contribution in [0.1, 0.15) is 0 Å². The Kier molecular flexibility index (Phi) is 5.06. The van der Waals surface area contributed by atoms with Crippen molar-refractivity contribution in [3.8, 4) is 0 Å². The highest BCUT2D eigenvalue weighted by Gasteiger charge is 2.19. The Balaban J connectivity index is 1.38. The van der Waals surface area contributed by atoms with Crippen molar-refractivity contribution in [2.45, 2.75) is 0 Å².